The second-order valence-corrected chi connectivity index (χ2v) is 8.07. The molecule has 33 heavy (non-hydrogen) atoms. The number of benzene rings is 3. The lowest BCUT2D eigenvalue weighted by Crippen LogP contribution is -2.07. The molecule has 0 aliphatic carbocycles. The molecule has 5 rings (SSSR count). The first-order chi connectivity index (χ1) is 16.0. The molecule has 0 bridgehead atoms. The van der Waals surface area contributed by atoms with E-state index in [0.29, 0.717) is 44.0 Å². The van der Waals surface area contributed by atoms with Gasteiger partial charge in [-0.3, -0.25) is 4.79 Å². The number of hydrogen-bond donors (Lipinski definition) is 1. The molecule has 0 fully saturated rings. The maximum atomic E-state index is 12.4. The normalized spacial score (nSPS) is 11.3. The number of halogens is 2. The zero-order valence-electron chi connectivity index (χ0n) is 17.1. The third-order valence-corrected chi connectivity index (χ3v) is 5.37. The Balaban J connectivity index is 1.30. The van der Waals surface area contributed by atoms with Gasteiger partial charge < -0.3 is 14.2 Å². The molecule has 5 nitrogen and oxygen atoms in total. The Bertz CT molecular complexity index is 1490. The van der Waals surface area contributed by atoms with Crippen LogP contribution >= 0.6 is 23.2 Å². The average Bonchev–Trinajstić information content (AvgIpc) is 3.46. The first-order valence-corrected chi connectivity index (χ1v) is 10.8. The SMILES string of the molecule is O=C(C=Cc1ccc(-c2ccccc2)o1)Nc1cccc(-c2nc3cc(Cl)cc(Cl)c3o2)c1. The number of amides is 1. The number of hydrogen-bond acceptors (Lipinski definition) is 4. The number of fused-ring (bicyclic) bond motifs is 1. The summed E-state index contributed by atoms with van der Waals surface area (Å²) >= 11 is 12.2. The van der Waals surface area contributed by atoms with Crippen LogP contribution in [0.15, 0.2) is 93.8 Å². The van der Waals surface area contributed by atoms with E-state index >= 15 is 0 Å². The van der Waals surface area contributed by atoms with Crippen molar-refractivity contribution in [3.63, 3.8) is 0 Å². The molecule has 162 valence electrons. The fourth-order valence-electron chi connectivity index (χ4n) is 3.35. The quantitative estimate of drug-likeness (QED) is 0.264. The first-order valence-electron chi connectivity index (χ1n) is 10.1. The Morgan fingerprint density at radius 1 is 0.879 bits per heavy atom. The molecule has 0 aliphatic rings. The number of carbonyl (C=O) groups is 1. The molecule has 1 amide bonds. The van der Waals surface area contributed by atoms with Crippen molar-refractivity contribution in [1.29, 1.82) is 0 Å². The van der Waals surface area contributed by atoms with E-state index in [0.717, 1.165) is 11.3 Å². The first kappa shape index (κ1) is 21.1. The van der Waals surface area contributed by atoms with Crippen LogP contribution in [0, 0.1) is 0 Å². The highest BCUT2D eigenvalue weighted by molar-refractivity contribution is 6.38. The van der Waals surface area contributed by atoms with Gasteiger partial charge in [0.05, 0.1) is 5.02 Å². The van der Waals surface area contributed by atoms with Crippen molar-refractivity contribution >= 4 is 52.0 Å². The molecule has 0 unspecified atom stereocenters. The number of furan rings is 1. The predicted octanol–water partition coefficient (Wildman–Crippen LogP) is 7.71. The predicted molar refractivity (Wildman–Crippen MR) is 131 cm³/mol. The van der Waals surface area contributed by atoms with Crippen LogP contribution in [0.1, 0.15) is 5.76 Å². The number of nitrogens with one attached hydrogen (secondary N) is 1. The summed E-state index contributed by atoms with van der Waals surface area (Å²) in [5.74, 6) is 1.41. The standard InChI is InChI=1S/C26H16Cl2N2O3/c27-18-14-21(28)25-22(15-18)30-26(33-25)17-7-4-8-19(13-17)29-24(31)12-10-20-9-11-23(32-20)16-5-2-1-3-6-16/h1-15H,(H,29,31). The van der Waals surface area contributed by atoms with Crippen LogP contribution in [0.2, 0.25) is 10.0 Å². The summed E-state index contributed by atoms with van der Waals surface area (Å²) in [6.07, 6.45) is 3.04. The van der Waals surface area contributed by atoms with Gasteiger partial charge in [-0.25, -0.2) is 4.98 Å². The minimum atomic E-state index is -0.294. The summed E-state index contributed by atoms with van der Waals surface area (Å²) in [6, 6.07) is 23.9. The van der Waals surface area contributed by atoms with Crippen LogP contribution in [0.25, 0.3) is 40.0 Å². The van der Waals surface area contributed by atoms with Gasteiger partial charge in [0.25, 0.3) is 0 Å². The summed E-state index contributed by atoms with van der Waals surface area (Å²) in [4.78, 5) is 16.9. The zero-order chi connectivity index (χ0) is 22.8. The third-order valence-electron chi connectivity index (χ3n) is 4.87. The van der Waals surface area contributed by atoms with E-state index in [-0.39, 0.29) is 5.91 Å². The smallest absolute Gasteiger partial charge is 0.248 e. The topological polar surface area (TPSA) is 68.3 Å². The second-order valence-electron chi connectivity index (χ2n) is 7.23. The van der Waals surface area contributed by atoms with Crippen LogP contribution in [-0.4, -0.2) is 10.9 Å². The molecule has 1 N–H and O–H groups in total. The molecule has 0 saturated carbocycles. The van der Waals surface area contributed by atoms with Crippen LogP contribution in [0.3, 0.4) is 0 Å². The molecule has 7 heteroatoms. The third kappa shape index (κ3) is 4.70. The van der Waals surface area contributed by atoms with E-state index in [1.165, 1.54) is 6.08 Å². The molecule has 0 radical (unpaired) electrons. The van der Waals surface area contributed by atoms with Crippen molar-refractivity contribution in [3.05, 3.63) is 101 Å². The summed E-state index contributed by atoms with van der Waals surface area (Å²) in [7, 11) is 0. The van der Waals surface area contributed by atoms with Gasteiger partial charge in [0.2, 0.25) is 11.8 Å². The number of carbonyl (C=O) groups excluding carboxylic acids is 1. The van der Waals surface area contributed by atoms with Crippen molar-refractivity contribution in [3.8, 4) is 22.8 Å². The molecular formula is C26H16Cl2N2O3. The Hall–Kier alpha value is -3.80. The summed E-state index contributed by atoms with van der Waals surface area (Å²) in [5, 5.41) is 3.70. The minimum absolute atomic E-state index is 0.294. The Morgan fingerprint density at radius 2 is 1.70 bits per heavy atom. The highest BCUT2D eigenvalue weighted by Gasteiger charge is 2.13. The van der Waals surface area contributed by atoms with E-state index in [9.17, 15) is 4.79 Å². The monoisotopic (exact) mass is 474 g/mol. The van der Waals surface area contributed by atoms with Gasteiger partial charge in [0, 0.05) is 27.9 Å². The summed E-state index contributed by atoms with van der Waals surface area (Å²) in [5.41, 5.74) is 3.28. The van der Waals surface area contributed by atoms with Crippen LogP contribution in [0.5, 0.6) is 0 Å². The van der Waals surface area contributed by atoms with Gasteiger partial charge in [-0.15, -0.1) is 0 Å². The minimum Gasteiger partial charge on any atom is -0.457 e. The van der Waals surface area contributed by atoms with Crippen molar-refractivity contribution in [2.24, 2.45) is 0 Å². The van der Waals surface area contributed by atoms with Crippen LogP contribution in [0.4, 0.5) is 5.69 Å². The van der Waals surface area contributed by atoms with E-state index in [1.54, 1.807) is 36.4 Å². The Labute approximate surface area is 199 Å². The zero-order valence-corrected chi connectivity index (χ0v) is 18.6. The molecule has 5 aromatic rings. The fourth-order valence-corrected chi connectivity index (χ4v) is 3.88. The van der Waals surface area contributed by atoms with E-state index < -0.39 is 0 Å². The molecule has 0 spiro atoms. The van der Waals surface area contributed by atoms with Crippen molar-refractivity contribution < 1.29 is 13.6 Å². The molecule has 0 aliphatic heterocycles. The maximum absolute atomic E-state index is 12.4. The number of aromatic nitrogens is 1. The molecule has 0 atom stereocenters. The van der Waals surface area contributed by atoms with Gasteiger partial charge in [0.1, 0.15) is 17.0 Å². The summed E-state index contributed by atoms with van der Waals surface area (Å²) in [6.45, 7) is 0. The molecule has 2 aromatic heterocycles. The van der Waals surface area contributed by atoms with E-state index in [2.05, 4.69) is 10.3 Å². The Kier molecular flexibility index (Phi) is 5.73. The highest BCUT2D eigenvalue weighted by Crippen LogP contribution is 2.32. The lowest BCUT2D eigenvalue weighted by atomic mass is 10.2. The molecule has 2 heterocycles. The van der Waals surface area contributed by atoms with Crippen LogP contribution in [-0.2, 0) is 4.79 Å². The van der Waals surface area contributed by atoms with Crippen LogP contribution < -0.4 is 5.32 Å². The highest BCUT2D eigenvalue weighted by atomic mass is 35.5. The molecule has 0 saturated heterocycles. The van der Waals surface area contributed by atoms with Crippen molar-refractivity contribution in [1.82, 2.24) is 4.98 Å². The van der Waals surface area contributed by atoms with Gasteiger partial charge in [-0.05, 0) is 48.5 Å². The van der Waals surface area contributed by atoms with Gasteiger partial charge >= 0.3 is 0 Å². The average molecular weight is 475 g/mol. The lowest BCUT2D eigenvalue weighted by molar-refractivity contribution is -0.111. The van der Waals surface area contributed by atoms with Crippen molar-refractivity contribution in [2.45, 2.75) is 0 Å². The fraction of sp³-hybridized carbons (Fsp3) is 0. The van der Waals surface area contributed by atoms with E-state index in [1.807, 2.05) is 48.5 Å². The Morgan fingerprint density at radius 3 is 2.55 bits per heavy atom. The second kappa shape index (κ2) is 8.98. The summed E-state index contributed by atoms with van der Waals surface area (Å²) < 4.78 is 11.6. The number of nitrogens with zero attached hydrogens (tertiary/aromatic N) is 1. The van der Waals surface area contributed by atoms with Gasteiger partial charge in [-0.1, -0.05) is 59.6 Å². The lowest BCUT2D eigenvalue weighted by Gasteiger charge is -2.03. The number of anilines is 1. The largest absolute Gasteiger partial charge is 0.457 e. The van der Waals surface area contributed by atoms with Gasteiger partial charge in [0.15, 0.2) is 5.58 Å². The van der Waals surface area contributed by atoms with E-state index in [4.69, 9.17) is 32.0 Å². The number of rotatable bonds is 5. The molecular weight excluding hydrogens is 459 g/mol. The van der Waals surface area contributed by atoms with Crippen molar-refractivity contribution in [2.75, 3.05) is 5.32 Å². The maximum Gasteiger partial charge on any atom is 0.248 e. The van der Waals surface area contributed by atoms with Gasteiger partial charge in [-0.2, -0.15) is 0 Å². The molecule has 3 aromatic carbocycles. The number of oxazole rings is 1.